The zero-order chi connectivity index (χ0) is 12.3. The lowest BCUT2D eigenvalue weighted by Gasteiger charge is -2.35. The van der Waals surface area contributed by atoms with E-state index in [2.05, 4.69) is 21.3 Å². The Hall–Kier alpha value is -0.350. The summed E-state index contributed by atoms with van der Waals surface area (Å²) in [5, 5.41) is 4.08. The van der Waals surface area contributed by atoms with Gasteiger partial charge in [-0.05, 0) is 35.2 Å². The van der Waals surface area contributed by atoms with Crippen LogP contribution in [-0.4, -0.2) is 28.7 Å². The maximum absolute atomic E-state index is 12.2. The molecule has 0 saturated heterocycles. The molecule has 0 N–H and O–H groups in total. The van der Waals surface area contributed by atoms with E-state index in [1.807, 2.05) is 23.4 Å². The molecule has 1 aromatic heterocycles. The van der Waals surface area contributed by atoms with Gasteiger partial charge < -0.3 is 4.90 Å². The number of amides is 1. The minimum Gasteiger partial charge on any atom is -0.341 e. The van der Waals surface area contributed by atoms with Crippen LogP contribution in [0.5, 0.6) is 0 Å². The van der Waals surface area contributed by atoms with Crippen molar-refractivity contribution in [3.05, 3.63) is 22.4 Å². The van der Waals surface area contributed by atoms with Crippen LogP contribution in [-0.2, 0) is 11.2 Å². The van der Waals surface area contributed by atoms with Crippen molar-refractivity contribution < 1.29 is 4.79 Å². The average Bonchev–Trinajstić information content (AvgIpc) is 2.81. The van der Waals surface area contributed by atoms with Gasteiger partial charge in [0.25, 0.3) is 0 Å². The first-order chi connectivity index (χ1) is 8.18. The molecule has 0 aromatic carbocycles. The summed E-state index contributed by atoms with van der Waals surface area (Å²) in [6, 6.07) is 2.40. The smallest absolute Gasteiger partial charge is 0.227 e. The van der Waals surface area contributed by atoms with Crippen LogP contribution in [0, 0.1) is 0 Å². The Kier molecular flexibility index (Phi) is 4.62. The van der Waals surface area contributed by atoms with E-state index in [0.29, 0.717) is 17.3 Å². The van der Waals surface area contributed by atoms with Crippen molar-refractivity contribution in [1.82, 2.24) is 4.90 Å². The Morgan fingerprint density at radius 2 is 2.29 bits per heavy atom. The number of carbonyl (C=O) groups is 1. The van der Waals surface area contributed by atoms with Crippen LogP contribution >= 0.6 is 27.3 Å². The highest BCUT2D eigenvalue weighted by Gasteiger charge is 2.28. The maximum atomic E-state index is 12.2. The Morgan fingerprint density at radius 3 is 2.94 bits per heavy atom. The lowest BCUT2D eigenvalue weighted by Crippen LogP contribution is -2.44. The number of hydrogen-bond acceptors (Lipinski definition) is 2. The fraction of sp³-hybridized carbons (Fsp3) is 0.615. The summed E-state index contributed by atoms with van der Waals surface area (Å²) in [7, 11) is 1.94. The summed E-state index contributed by atoms with van der Waals surface area (Å²) in [6.07, 6.45) is 5.36. The van der Waals surface area contributed by atoms with E-state index in [1.54, 1.807) is 11.3 Å². The minimum absolute atomic E-state index is 0.236. The van der Waals surface area contributed by atoms with Crippen LogP contribution in [0.2, 0.25) is 0 Å². The highest BCUT2D eigenvalue weighted by atomic mass is 79.9. The molecule has 94 valence electrons. The number of carbonyl (C=O) groups excluding carboxylic acids is 1. The first-order valence-electron chi connectivity index (χ1n) is 6.09. The SMILES string of the molecule is CN(C(=O)Cc1ccsc1)C1CCCCC1Br. The molecule has 0 aliphatic heterocycles. The number of thiophene rings is 1. The van der Waals surface area contributed by atoms with E-state index in [-0.39, 0.29) is 5.91 Å². The van der Waals surface area contributed by atoms with Gasteiger partial charge in [-0.25, -0.2) is 0 Å². The molecule has 2 atom stereocenters. The third-order valence-corrected chi connectivity index (χ3v) is 5.27. The van der Waals surface area contributed by atoms with Crippen LogP contribution in [0.1, 0.15) is 31.2 Å². The first-order valence-corrected chi connectivity index (χ1v) is 7.95. The van der Waals surface area contributed by atoms with Crippen molar-refractivity contribution in [3.8, 4) is 0 Å². The van der Waals surface area contributed by atoms with Crippen molar-refractivity contribution in [1.29, 1.82) is 0 Å². The number of nitrogens with zero attached hydrogens (tertiary/aromatic N) is 1. The minimum atomic E-state index is 0.236. The van der Waals surface area contributed by atoms with E-state index in [0.717, 1.165) is 12.0 Å². The van der Waals surface area contributed by atoms with Gasteiger partial charge in [-0.15, -0.1) is 0 Å². The molecule has 17 heavy (non-hydrogen) atoms. The summed E-state index contributed by atoms with van der Waals surface area (Å²) in [5.74, 6) is 0.236. The van der Waals surface area contributed by atoms with Gasteiger partial charge in [0, 0.05) is 17.9 Å². The van der Waals surface area contributed by atoms with Crippen molar-refractivity contribution >= 4 is 33.2 Å². The predicted molar refractivity (Wildman–Crippen MR) is 75.8 cm³/mol. The van der Waals surface area contributed by atoms with Crippen LogP contribution in [0.15, 0.2) is 16.8 Å². The summed E-state index contributed by atoms with van der Waals surface area (Å²) in [4.78, 5) is 14.6. The number of alkyl halides is 1. The van der Waals surface area contributed by atoms with E-state index in [1.165, 1.54) is 19.3 Å². The van der Waals surface area contributed by atoms with Gasteiger partial charge in [0.15, 0.2) is 0 Å². The third-order valence-electron chi connectivity index (χ3n) is 3.47. The normalized spacial score (nSPS) is 24.6. The molecule has 4 heteroatoms. The number of rotatable bonds is 3. The quantitative estimate of drug-likeness (QED) is 0.782. The Balaban J connectivity index is 1.94. The lowest BCUT2D eigenvalue weighted by molar-refractivity contribution is -0.131. The highest BCUT2D eigenvalue weighted by Crippen LogP contribution is 2.28. The van der Waals surface area contributed by atoms with Crippen molar-refractivity contribution in [3.63, 3.8) is 0 Å². The molecule has 0 bridgehead atoms. The van der Waals surface area contributed by atoms with E-state index in [4.69, 9.17) is 0 Å². The van der Waals surface area contributed by atoms with Crippen LogP contribution in [0.3, 0.4) is 0 Å². The molecule has 0 spiro atoms. The van der Waals surface area contributed by atoms with Gasteiger partial charge in [0.05, 0.1) is 6.42 Å². The first kappa shape index (κ1) is 13.1. The predicted octanol–water partition coefficient (Wildman–Crippen LogP) is 3.46. The molecule has 1 aromatic rings. The summed E-state index contributed by atoms with van der Waals surface area (Å²) < 4.78 is 0. The molecular weight excluding hydrogens is 298 g/mol. The molecular formula is C13H18BrNOS. The fourth-order valence-electron chi connectivity index (χ4n) is 2.38. The molecule has 1 fully saturated rings. The Morgan fingerprint density at radius 1 is 1.53 bits per heavy atom. The average molecular weight is 316 g/mol. The van der Waals surface area contributed by atoms with Gasteiger partial charge >= 0.3 is 0 Å². The molecule has 1 amide bonds. The van der Waals surface area contributed by atoms with Crippen molar-refractivity contribution in [2.45, 2.75) is 43.0 Å². The molecule has 1 aliphatic carbocycles. The maximum Gasteiger partial charge on any atom is 0.227 e. The second kappa shape index (κ2) is 6.01. The van der Waals surface area contributed by atoms with E-state index >= 15 is 0 Å². The number of likely N-dealkylation sites (N-methyl/N-ethyl adjacent to an activating group) is 1. The topological polar surface area (TPSA) is 20.3 Å². The summed E-state index contributed by atoms with van der Waals surface area (Å²) >= 11 is 5.36. The third kappa shape index (κ3) is 3.32. The highest BCUT2D eigenvalue weighted by molar-refractivity contribution is 9.09. The lowest BCUT2D eigenvalue weighted by atomic mass is 9.94. The van der Waals surface area contributed by atoms with E-state index in [9.17, 15) is 4.79 Å². The van der Waals surface area contributed by atoms with Crippen LogP contribution < -0.4 is 0 Å². The molecule has 2 unspecified atom stereocenters. The number of halogens is 1. The molecule has 1 saturated carbocycles. The van der Waals surface area contributed by atoms with Gasteiger partial charge in [-0.3, -0.25) is 4.79 Å². The zero-order valence-corrected chi connectivity index (χ0v) is 12.5. The second-order valence-corrected chi connectivity index (χ2v) is 6.64. The van der Waals surface area contributed by atoms with Gasteiger partial charge in [-0.1, -0.05) is 28.8 Å². The molecule has 2 nitrogen and oxygen atoms in total. The molecule has 1 aliphatic rings. The van der Waals surface area contributed by atoms with Crippen LogP contribution in [0.25, 0.3) is 0 Å². The standard InChI is InChI=1S/C13H18BrNOS/c1-15(12-5-3-2-4-11(12)14)13(16)8-10-6-7-17-9-10/h6-7,9,11-12H,2-5,8H2,1H3. The summed E-state index contributed by atoms with van der Waals surface area (Å²) in [5.41, 5.74) is 1.13. The molecule has 0 radical (unpaired) electrons. The van der Waals surface area contributed by atoms with Gasteiger partial charge in [0.2, 0.25) is 5.91 Å². The van der Waals surface area contributed by atoms with Crippen molar-refractivity contribution in [2.24, 2.45) is 0 Å². The van der Waals surface area contributed by atoms with Crippen LogP contribution in [0.4, 0.5) is 0 Å². The van der Waals surface area contributed by atoms with E-state index < -0.39 is 0 Å². The Bertz CT molecular complexity index is 366. The largest absolute Gasteiger partial charge is 0.341 e. The summed E-state index contributed by atoms with van der Waals surface area (Å²) in [6.45, 7) is 0. The Labute approximate surface area is 115 Å². The van der Waals surface area contributed by atoms with Gasteiger partial charge in [0.1, 0.15) is 0 Å². The molecule has 2 rings (SSSR count). The fourth-order valence-corrected chi connectivity index (χ4v) is 3.99. The van der Waals surface area contributed by atoms with Gasteiger partial charge in [-0.2, -0.15) is 11.3 Å². The van der Waals surface area contributed by atoms with Crippen molar-refractivity contribution in [2.75, 3.05) is 7.05 Å². The number of hydrogen-bond donors (Lipinski definition) is 0. The second-order valence-electron chi connectivity index (χ2n) is 4.68. The zero-order valence-electron chi connectivity index (χ0n) is 10.1. The monoisotopic (exact) mass is 315 g/mol. The molecule has 1 heterocycles.